The third-order valence-electron chi connectivity index (χ3n) is 7.82. The smallest absolute Gasteiger partial charge is 0.169 e. The topological polar surface area (TPSA) is 46.9 Å². The lowest BCUT2D eigenvalue weighted by atomic mass is 9.71. The van der Waals surface area contributed by atoms with Crippen LogP contribution in [-0.4, -0.2) is 15.6 Å². The molecule has 1 N–H and O–H groups in total. The number of aromatic nitrogens is 2. The maximum absolute atomic E-state index is 13.8. The lowest BCUT2D eigenvalue weighted by Gasteiger charge is -2.38. The van der Waals surface area contributed by atoms with Crippen molar-refractivity contribution in [3.8, 4) is 0 Å². The standard InChI is InChI=1S/C30H39N3O/c1-6-12-22-15-17-24(18-16-22)30(7-2,8-3)20-27(34)25-21-31-33-28(25)32-26(19-29(33,4)5)23-13-10-9-11-14-23/h9-11,13-18,21,26,32H,6-8,12,19-20H2,1-5H3. The number of rotatable bonds is 9. The van der Waals surface area contributed by atoms with E-state index in [-0.39, 0.29) is 22.8 Å². The first-order valence-corrected chi connectivity index (χ1v) is 12.9. The van der Waals surface area contributed by atoms with Gasteiger partial charge >= 0.3 is 0 Å². The molecule has 1 atom stereocenters. The Kier molecular flexibility index (Phi) is 6.97. The molecule has 1 aliphatic rings. The minimum absolute atomic E-state index is 0.153. The Hall–Kier alpha value is -2.88. The number of fused-ring (bicyclic) bond motifs is 1. The molecule has 0 radical (unpaired) electrons. The maximum Gasteiger partial charge on any atom is 0.169 e. The van der Waals surface area contributed by atoms with Gasteiger partial charge in [-0.15, -0.1) is 0 Å². The van der Waals surface area contributed by atoms with Crippen molar-refractivity contribution in [2.24, 2.45) is 0 Å². The number of anilines is 1. The Morgan fingerprint density at radius 1 is 1.06 bits per heavy atom. The molecule has 2 heterocycles. The summed E-state index contributed by atoms with van der Waals surface area (Å²) in [6.45, 7) is 11.0. The molecule has 2 aromatic carbocycles. The van der Waals surface area contributed by atoms with E-state index in [9.17, 15) is 4.79 Å². The van der Waals surface area contributed by atoms with Crippen LogP contribution in [0, 0.1) is 0 Å². The maximum atomic E-state index is 13.8. The van der Waals surface area contributed by atoms with Gasteiger partial charge in [0.25, 0.3) is 0 Å². The van der Waals surface area contributed by atoms with Crippen LogP contribution >= 0.6 is 0 Å². The van der Waals surface area contributed by atoms with Gasteiger partial charge in [0.05, 0.1) is 23.3 Å². The van der Waals surface area contributed by atoms with Crippen molar-refractivity contribution < 1.29 is 4.79 Å². The van der Waals surface area contributed by atoms with E-state index >= 15 is 0 Å². The van der Waals surface area contributed by atoms with Crippen LogP contribution in [0.1, 0.15) is 99.8 Å². The van der Waals surface area contributed by atoms with Gasteiger partial charge in [-0.2, -0.15) is 5.10 Å². The van der Waals surface area contributed by atoms with Crippen molar-refractivity contribution in [1.82, 2.24) is 9.78 Å². The zero-order valence-corrected chi connectivity index (χ0v) is 21.4. The first kappa shape index (κ1) is 24.3. The van der Waals surface area contributed by atoms with E-state index in [4.69, 9.17) is 0 Å². The summed E-state index contributed by atoms with van der Waals surface area (Å²) in [6, 6.07) is 19.6. The quantitative estimate of drug-likeness (QED) is 0.339. The normalized spacial score (nSPS) is 17.1. The number of hydrogen-bond acceptors (Lipinski definition) is 3. The molecule has 1 aliphatic heterocycles. The molecule has 4 rings (SSSR count). The number of hydrogen-bond donors (Lipinski definition) is 1. The van der Waals surface area contributed by atoms with Crippen LogP contribution < -0.4 is 5.32 Å². The molecule has 0 aliphatic carbocycles. The molecule has 4 heteroatoms. The van der Waals surface area contributed by atoms with Gasteiger partial charge in [-0.25, -0.2) is 4.68 Å². The van der Waals surface area contributed by atoms with Crippen LogP contribution in [0.25, 0.3) is 0 Å². The minimum Gasteiger partial charge on any atom is -0.363 e. The molecule has 34 heavy (non-hydrogen) atoms. The highest BCUT2D eigenvalue weighted by molar-refractivity contribution is 6.01. The Morgan fingerprint density at radius 3 is 2.35 bits per heavy atom. The number of Topliss-reactive ketones (excluding diaryl/α,β-unsaturated/α-hetero) is 1. The third-order valence-corrected chi connectivity index (χ3v) is 7.82. The summed E-state index contributed by atoms with van der Waals surface area (Å²) in [6.07, 6.45) is 7.28. The third kappa shape index (κ3) is 4.55. The summed E-state index contributed by atoms with van der Waals surface area (Å²) in [7, 11) is 0. The molecule has 3 aromatic rings. The lowest BCUT2D eigenvalue weighted by Crippen LogP contribution is -2.38. The molecule has 0 saturated heterocycles. The van der Waals surface area contributed by atoms with Crippen molar-refractivity contribution in [2.45, 2.75) is 90.1 Å². The highest BCUT2D eigenvalue weighted by atomic mass is 16.1. The number of carbonyl (C=O) groups is 1. The lowest BCUT2D eigenvalue weighted by molar-refractivity contribution is 0.0944. The van der Waals surface area contributed by atoms with E-state index in [2.05, 4.69) is 93.6 Å². The number of nitrogens with zero attached hydrogens (tertiary/aromatic N) is 2. The van der Waals surface area contributed by atoms with Crippen molar-refractivity contribution in [2.75, 3.05) is 5.32 Å². The average Bonchev–Trinajstić information content (AvgIpc) is 3.29. The molecule has 0 bridgehead atoms. The Bertz CT molecular complexity index is 1110. The fraction of sp³-hybridized carbons (Fsp3) is 0.467. The first-order chi connectivity index (χ1) is 16.3. The van der Waals surface area contributed by atoms with Crippen molar-refractivity contribution in [3.05, 3.63) is 83.0 Å². The molecule has 1 aromatic heterocycles. The van der Waals surface area contributed by atoms with Crippen LogP contribution in [0.15, 0.2) is 60.8 Å². The molecule has 4 nitrogen and oxygen atoms in total. The number of ketones is 1. The molecule has 180 valence electrons. The summed E-state index contributed by atoms with van der Waals surface area (Å²) in [5, 5.41) is 8.34. The van der Waals surface area contributed by atoms with Crippen molar-refractivity contribution >= 4 is 11.6 Å². The second-order valence-corrected chi connectivity index (χ2v) is 10.5. The van der Waals surface area contributed by atoms with E-state index in [1.807, 2.05) is 10.7 Å². The summed E-state index contributed by atoms with van der Waals surface area (Å²) in [5.74, 6) is 1.02. The Balaban J connectivity index is 1.64. The number of carbonyl (C=O) groups excluding carboxylic acids is 1. The number of aryl methyl sites for hydroxylation is 1. The van der Waals surface area contributed by atoms with Gasteiger partial charge in [0, 0.05) is 11.8 Å². The summed E-state index contributed by atoms with van der Waals surface area (Å²) in [5.41, 5.74) is 4.23. The van der Waals surface area contributed by atoms with E-state index in [0.717, 1.165) is 37.9 Å². The van der Waals surface area contributed by atoms with Gasteiger partial charge in [-0.05, 0) is 56.2 Å². The fourth-order valence-electron chi connectivity index (χ4n) is 5.57. The molecule has 0 spiro atoms. The van der Waals surface area contributed by atoms with E-state index in [1.54, 1.807) is 6.20 Å². The van der Waals surface area contributed by atoms with E-state index < -0.39 is 0 Å². The molecular weight excluding hydrogens is 418 g/mol. The molecular formula is C30H39N3O. The van der Waals surface area contributed by atoms with Crippen LogP contribution in [0.5, 0.6) is 0 Å². The predicted octanol–water partition coefficient (Wildman–Crippen LogP) is 7.46. The monoisotopic (exact) mass is 457 g/mol. The number of nitrogens with one attached hydrogen (secondary N) is 1. The van der Waals surface area contributed by atoms with Crippen LogP contribution in [0.2, 0.25) is 0 Å². The van der Waals surface area contributed by atoms with Gasteiger partial charge in [-0.3, -0.25) is 4.79 Å². The molecule has 0 fully saturated rings. The summed E-state index contributed by atoms with van der Waals surface area (Å²) < 4.78 is 2.01. The van der Waals surface area contributed by atoms with Crippen molar-refractivity contribution in [1.29, 1.82) is 0 Å². The van der Waals surface area contributed by atoms with Crippen LogP contribution in [0.4, 0.5) is 5.82 Å². The fourth-order valence-corrected chi connectivity index (χ4v) is 5.57. The Morgan fingerprint density at radius 2 is 1.74 bits per heavy atom. The first-order valence-electron chi connectivity index (χ1n) is 12.9. The van der Waals surface area contributed by atoms with E-state index in [1.165, 1.54) is 16.7 Å². The number of benzene rings is 2. The van der Waals surface area contributed by atoms with Crippen LogP contribution in [0.3, 0.4) is 0 Å². The minimum atomic E-state index is -0.179. The van der Waals surface area contributed by atoms with Crippen molar-refractivity contribution in [3.63, 3.8) is 0 Å². The second kappa shape index (κ2) is 9.77. The van der Waals surface area contributed by atoms with E-state index in [0.29, 0.717) is 12.0 Å². The van der Waals surface area contributed by atoms with Gasteiger partial charge < -0.3 is 5.32 Å². The highest BCUT2D eigenvalue weighted by Crippen LogP contribution is 2.42. The van der Waals surface area contributed by atoms with Gasteiger partial charge in [0.15, 0.2) is 5.78 Å². The molecule has 1 unspecified atom stereocenters. The summed E-state index contributed by atoms with van der Waals surface area (Å²) >= 11 is 0. The van der Waals surface area contributed by atoms with Crippen LogP contribution in [-0.2, 0) is 17.4 Å². The highest BCUT2D eigenvalue weighted by Gasteiger charge is 2.38. The van der Waals surface area contributed by atoms with Gasteiger partial charge in [0.2, 0.25) is 0 Å². The SMILES string of the molecule is CCCc1ccc(C(CC)(CC)CC(=O)c2cnn3c2NC(c2ccccc2)CC3(C)C)cc1. The zero-order chi connectivity index (χ0) is 24.3. The average molecular weight is 458 g/mol. The van der Waals surface area contributed by atoms with Gasteiger partial charge in [0.1, 0.15) is 5.82 Å². The van der Waals surface area contributed by atoms with Gasteiger partial charge in [-0.1, -0.05) is 81.8 Å². The summed E-state index contributed by atoms with van der Waals surface area (Å²) in [4.78, 5) is 13.8. The predicted molar refractivity (Wildman–Crippen MR) is 141 cm³/mol. The zero-order valence-electron chi connectivity index (χ0n) is 21.4. The Labute approximate surface area is 204 Å². The molecule has 0 amide bonds. The second-order valence-electron chi connectivity index (χ2n) is 10.5. The largest absolute Gasteiger partial charge is 0.363 e. The molecule has 0 saturated carbocycles.